The number of nitrogens with one attached hydrogen (secondary N) is 1. The van der Waals surface area contributed by atoms with Gasteiger partial charge in [0.15, 0.2) is 0 Å². The van der Waals surface area contributed by atoms with Gasteiger partial charge in [0, 0.05) is 6.04 Å². The fourth-order valence-electron chi connectivity index (χ4n) is 2.90. The first-order chi connectivity index (χ1) is 8.22. The number of aryl methyl sites for hydroxylation is 1. The molecule has 1 aromatic carbocycles. The second-order valence-electron chi connectivity index (χ2n) is 6.16. The van der Waals surface area contributed by atoms with Gasteiger partial charge in [0.2, 0.25) is 0 Å². The number of hydrogen-bond acceptors (Lipinski definition) is 1. The molecular formula is C16H23N. The van der Waals surface area contributed by atoms with Crippen LogP contribution in [0.2, 0.25) is 0 Å². The molecule has 0 saturated heterocycles. The Labute approximate surface area is 105 Å². The minimum Gasteiger partial charge on any atom is -0.314 e. The van der Waals surface area contributed by atoms with Crippen LogP contribution in [0.5, 0.6) is 0 Å². The van der Waals surface area contributed by atoms with Crippen LogP contribution in [0.1, 0.15) is 43.2 Å². The summed E-state index contributed by atoms with van der Waals surface area (Å²) in [5.41, 5.74) is 2.90. The zero-order valence-corrected chi connectivity index (χ0v) is 10.9. The summed E-state index contributed by atoms with van der Waals surface area (Å²) in [4.78, 5) is 0. The maximum Gasteiger partial charge on any atom is 0.00788 e. The van der Waals surface area contributed by atoms with Crippen molar-refractivity contribution in [3.63, 3.8) is 0 Å². The van der Waals surface area contributed by atoms with E-state index in [2.05, 4.69) is 43.4 Å². The van der Waals surface area contributed by atoms with Crippen LogP contribution in [-0.4, -0.2) is 12.6 Å². The summed E-state index contributed by atoms with van der Waals surface area (Å²) in [6.07, 6.45) is 4.12. The van der Waals surface area contributed by atoms with Gasteiger partial charge in [0.1, 0.15) is 0 Å². The first-order valence-electron chi connectivity index (χ1n) is 7.02. The molecule has 1 nitrogen and oxygen atoms in total. The van der Waals surface area contributed by atoms with Gasteiger partial charge in [-0.2, -0.15) is 0 Å². The third-order valence-corrected chi connectivity index (χ3v) is 4.63. The van der Waals surface area contributed by atoms with Crippen LogP contribution in [0.4, 0.5) is 0 Å². The summed E-state index contributed by atoms with van der Waals surface area (Å²) in [6.45, 7) is 5.78. The molecule has 2 unspecified atom stereocenters. The lowest BCUT2D eigenvalue weighted by molar-refractivity contribution is 0.287. The highest BCUT2D eigenvalue weighted by atomic mass is 14.9. The zero-order chi connectivity index (χ0) is 11.8. The van der Waals surface area contributed by atoms with E-state index >= 15 is 0 Å². The molecule has 0 aromatic heterocycles. The van der Waals surface area contributed by atoms with E-state index in [1.54, 1.807) is 0 Å². The molecule has 2 atom stereocenters. The van der Waals surface area contributed by atoms with Gasteiger partial charge in [-0.25, -0.2) is 0 Å². The Morgan fingerprint density at radius 2 is 1.76 bits per heavy atom. The molecule has 0 radical (unpaired) electrons. The molecule has 2 saturated carbocycles. The monoisotopic (exact) mass is 229 g/mol. The van der Waals surface area contributed by atoms with E-state index in [1.165, 1.54) is 36.9 Å². The van der Waals surface area contributed by atoms with E-state index in [1.807, 2.05) is 0 Å². The van der Waals surface area contributed by atoms with E-state index < -0.39 is 0 Å². The minimum absolute atomic E-state index is 0.786. The maximum absolute atomic E-state index is 3.72. The van der Waals surface area contributed by atoms with Gasteiger partial charge in [-0.3, -0.25) is 0 Å². The molecule has 0 amide bonds. The van der Waals surface area contributed by atoms with Crippen LogP contribution in [0.15, 0.2) is 24.3 Å². The maximum atomic E-state index is 3.72. The molecule has 2 aliphatic carbocycles. The summed E-state index contributed by atoms with van der Waals surface area (Å²) >= 11 is 0. The van der Waals surface area contributed by atoms with Gasteiger partial charge in [-0.1, -0.05) is 36.8 Å². The summed E-state index contributed by atoms with van der Waals surface area (Å²) in [5.74, 6) is 2.77. The summed E-state index contributed by atoms with van der Waals surface area (Å²) in [6, 6.07) is 9.87. The van der Waals surface area contributed by atoms with Crippen molar-refractivity contribution in [2.24, 2.45) is 11.8 Å². The molecule has 0 spiro atoms. The quantitative estimate of drug-likeness (QED) is 0.833. The summed E-state index contributed by atoms with van der Waals surface area (Å²) in [7, 11) is 0. The standard InChI is InChI=1S/C16H23N/c1-11-3-5-13(6-4-11)14-8-16(9-14)17-10-15-7-12(15)2/h3-6,12,14-17H,7-10H2,1-2H3. The molecule has 0 heterocycles. The molecule has 1 N–H and O–H groups in total. The van der Waals surface area contributed by atoms with Gasteiger partial charge in [-0.05, 0) is 56.0 Å². The lowest BCUT2D eigenvalue weighted by atomic mass is 9.75. The topological polar surface area (TPSA) is 12.0 Å². The van der Waals surface area contributed by atoms with E-state index in [0.29, 0.717) is 0 Å². The lowest BCUT2D eigenvalue weighted by Crippen LogP contribution is -2.41. The Balaban J connectivity index is 1.43. The molecule has 0 aliphatic heterocycles. The van der Waals surface area contributed by atoms with Gasteiger partial charge in [0.05, 0.1) is 0 Å². The van der Waals surface area contributed by atoms with Crippen molar-refractivity contribution in [2.75, 3.05) is 6.54 Å². The van der Waals surface area contributed by atoms with Gasteiger partial charge >= 0.3 is 0 Å². The van der Waals surface area contributed by atoms with Gasteiger partial charge in [0.25, 0.3) is 0 Å². The van der Waals surface area contributed by atoms with E-state index in [9.17, 15) is 0 Å². The highest BCUT2D eigenvalue weighted by Crippen LogP contribution is 2.40. The molecule has 1 heteroatoms. The fourth-order valence-corrected chi connectivity index (χ4v) is 2.90. The Bertz CT molecular complexity index is 375. The van der Waals surface area contributed by atoms with Crippen molar-refractivity contribution >= 4 is 0 Å². The van der Waals surface area contributed by atoms with Crippen molar-refractivity contribution in [3.05, 3.63) is 35.4 Å². The largest absolute Gasteiger partial charge is 0.314 e. The molecular weight excluding hydrogens is 206 g/mol. The van der Waals surface area contributed by atoms with E-state index in [4.69, 9.17) is 0 Å². The second kappa shape index (κ2) is 4.45. The average molecular weight is 229 g/mol. The van der Waals surface area contributed by atoms with Crippen molar-refractivity contribution < 1.29 is 0 Å². The molecule has 2 aliphatic rings. The highest BCUT2D eigenvalue weighted by Gasteiger charge is 2.35. The van der Waals surface area contributed by atoms with E-state index in [-0.39, 0.29) is 0 Å². The average Bonchev–Trinajstić information content (AvgIpc) is 2.95. The Morgan fingerprint density at radius 1 is 1.12 bits per heavy atom. The van der Waals surface area contributed by atoms with Gasteiger partial charge < -0.3 is 5.32 Å². The summed E-state index contributed by atoms with van der Waals surface area (Å²) < 4.78 is 0. The zero-order valence-electron chi connectivity index (χ0n) is 10.9. The van der Waals surface area contributed by atoms with Crippen molar-refractivity contribution in [1.82, 2.24) is 5.32 Å². The van der Waals surface area contributed by atoms with E-state index in [0.717, 1.165) is 23.8 Å². The number of rotatable bonds is 4. The fraction of sp³-hybridized carbons (Fsp3) is 0.625. The minimum atomic E-state index is 0.786. The van der Waals surface area contributed by atoms with Crippen LogP contribution >= 0.6 is 0 Å². The Morgan fingerprint density at radius 3 is 2.35 bits per heavy atom. The first-order valence-corrected chi connectivity index (χ1v) is 7.02. The molecule has 17 heavy (non-hydrogen) atoms. The molecule has 0 bridgehead atoms. The molecule has 2 fully saturated rings. The predicted octanol–water partition coefficient (Wildman–Crippen LogP) is 3.49. The van der Waals surface area contributed by atoms with Crippen LogP contribution in [-0.2, 0) is 0 Å². The lowest BCUT2D eigenvalue weighted by Gasteiger charge is -2.36. The third kappa shape index (κ3) is 2.55. The third-order valence-electron chi connectivity index (χ3n) is 4.63. The first kappa shape index (κ1) is 11.3. The number of hydrogen-bond donors (Lipinski definition) is 1. The molecule has 92 valence electrons. The van der Waals surface area contributed by atoms with Crippen LogP contribution in [0.25, 0.3) is 0 Å². The van der Waals surface area contributed by atoms with Crippen molar-refractivity contribution in [1.29, 1.82) is 0 Å². The van der Waals surface area contributed by atoms with Gasteiger partial charge in [-0.15, -0.1) is 0 Å². The highest BCUT2D eigenvalue weighted by molar-refractivity contribution is 5.26. The molecule has 3 rings (SSSR count). The predicted molar refractivity (Wildman–Crippen MR) is 72.2 cm³/mol. The SMILES string of the molecule is Cc1ccc(C2CC(NCC3CC3C)C2)cc1. The van der Waals surface area contributed by atoms with Crippen LogP contribution < -0.4 is 5.32 Å². The summed E-state index contributed by atoms with van der Waals surface area (Å²) in [5, 5.41) is 3.72. The Hall–Kier alpha value is -0.820. The van der Waals surface area contributed by atoms with Crippen molar-refractivity contribution in [2.45, 2.75) is 45.1 Å². The normalized spacial score (nSPS) is 35.4. The second-order valence-corrected chi connectivity index (χ2v) is 6.16. The molecule has 1 aromatic rings. The Kier molecular flexibility index (Phi) is 2.96. The number of benzene rings is 1. The van der Waals surface area contributed by atoms with Crippen molar-refractivity contribution in [3.8, 4) is 0 Å². The van der Waals surface area contributed by atoms with Crippen LogP contribution in [0.3, 0.4) is 0 Å². The van der Waals surface area contributed by atoms with Crippen LogP contribution in [0, 0.1) is 18.8 Å². The smallest absolute Gasteiger partial charge is 0.00788 e.